The number of amides is 1. The van der Waals surface area contributed by atoms with Crippen molar-refractivity contribution >= 4 is 45.9 Å². The van der Waals surface area contributed by atoms with Crippen LogP contribution < -0.4 is 5.32 Å². The summed E-state index contributed by atoms with van der Waals surface area (Å²) >= 11 is 2.65. The number of hydrogen-bond donors (Lipinski definition) is 1. The normalized spacial score (nSPS) is 10.4. The molecule has 0 aliphatic carbocycles. The predicted octanol–water partition coefficient (Wildman–Crippen LogP) is 4.31. The van der Waals surface area contributed by atoms with Crippen LogP contribution in [0.3, 0.4) is 0 Å². The van der Waals surface area contributed by atoms with Crippen molar-refractivity contribution < 1.29 is 23.9 Å². The molecule has 1 N–H and O–H groups in total. The van der Waals surface area contributed by atoms with E-state index < -0.39 is 11.9 Å². The van der Waals surface area contributed by atoms with Crippen molar-refractivity contribution in [2.24, 2.45) is 0 Å². The molecule has 1 heterocycles. The number of benzene rings is 1. The molecule has 0 bridgehead atoms. The molecule has 8 heteroatoms. The van der Waals surface area contributed by atoms with Gasteiger partial charge in [-0.3, -0.25) is 4.79 Å². The fourth-order valence-electron chi connectivity index (χ4n) is 2.54. The standard InChI is InChI=1S/C20H23NO5S2/c1-5-25-19(23)16-12(3)17(20(24)26-6-2)28-18(16)21-15(22)11-13-7-9-14(27-4)10-8-13/h7-10H,5-6,11H2,1-4H3,(H,21,22). The lowest BCUT2D eigenvalue weighted by molar-refractivity contribution is -0.115. The fraction of sp³-hybridized carbons (Fsp3) is 0.350. The molecule has 0 radical (unpaired) electrons. The number of esters is 2. The molecule has 0 saturated carbocycles. The molecule has 1 aromatic heterocycles. The van der Waals surface area contributed by atoms with Crippen molar-refractivity contribution in [2.45, 2.75) is 32.1 Å². The lowest BCUT2D eigenvalue weighted by Crippen LogP contribution is -2.16. The molecule has 150 valence electrons. The summed E-state index contributed by atoms with van der Waals surface area (Å²) in [6.45, 7) is 5.46. The lowest BCUT2D eigenvalue weighted by Gasteiger charge is -2.07. The van der Waals surface area contributed by atoms with E-state index in [0.717, 1.165) is 21.8 Å². The summed E-state index contributed by atoms with van der Waals surface area (Å²) in [5, 5.41) is 3.05. The van der Waals surface area contributed by atoms with Crippen molar-refractivity contribution in [1.82, 2.24) is 0 Å². The van der Waals surface area contributed by atoms with Gasteiger partial charge in [0.05, 0.1) is 25.2 Å². The lowest BCUT2D eigenvalue weighted by atomic mass is 10.1. The minimum absolute atomic E-state index is 0.155. The third-order valence-electron chi connectivity index (χ3n) is 3.86. The summed E-state index contributed by atoms with van der Waals surface area (Å²) in [5.41, 5.74) is 1.49. The highest BCUT2D eigenvalue weighted by Crippen LogP contribution is 2.34. The van der Waals surface area contributed by atoms with Gasteiger partial charge in [-0.15, -0.1) is 23.1 Å². The maximum absolute atomic E-state index is 12.5. The average Bonchev–Trinajstić information content (AvgIpc) is 2.98. The van der Waals surface area contributed by atoms with Gasteiger partial charge in [-0.2, -0.15) is 0 Å². The van der Waals surface area contributed by atoms with Gasteiger partial charge in [0.1, 0.15) is 9.88 Å². The predicted molar refractivity (Wildman–Crippen MR) is 112 cm³/mol. The minimum atomic E-state index is -0.577. The van der Waals surface area contributed by atoms with E-state index in [1.54, 1.807) is 32.5 Å². The Labute approximate surface area is 172 Å². The Hall–Kier alpha value is -2.32. The van der Waals surface area contributed by atoms with Gasteiger partial charge >= 0.3 is 11.9 Å². The highest BCUT2D eigenvalue weighted by Gasteiger charge is 2.27. The second-order valence-electron chi connectivity index (χ2n) is 5.77. The monoisotopic (exact) mass is 421 g/mol. The van der Waals surface area contributed by atoms with Crippen LogP contribution in [0.15, 0.2) is 29.2 Å². The summed E-state index contributed by atoms with van der Waals surface area (Å²) in [5.74, 6) is -1.38. The number of rotatable bonds is 8. The molecule has 1 aromatic carbocycles. The first-order valence-corrected chi connectivity index (χ1v) is 10.9. The number of thiophene rings is 1. The van der Waals surface area contributed by atoms with Gasteiger partial charge in [-0.1, -0.05) is 12.1 Å². The molecule has 0 atom stereocenters. The van der Waals surface area contributed by atoms with E-state index in [1.165, 1.54) is 0 Å². The van der Waals surface area contributed by atoms with Gasteiger partial charge in [0.15, 0.2) is 0 Å². The Morgan fingerprint density at radius 1 is 1.04 bits per heavy atom. The first-order valence-electron chi connectivity index (χ1n) is 8.81. The molecule has 0 spiro atoms. The van der Waals surface area contributed by atoms with Gasteiger partial charge in [0.2, 0.25) is 5.91 Å². The molecular formula is C20H23NO5S2. The Kier molecular flexibility index (Phi) is 8.07. The van der Waals surface area contributed by atoms with Gasteiger partial charge in [0.25, 0.3) is 0 Å². The molecule has 6 nitrogen and oxygen atoms in total. The highest BCUT2D eigenvalue weighted by atomic mass is 32.2. The van der Waals surface area contributed by atoms with Crippen molar-refractivity contribution in [2.75, 3.05) is 24.8 Å². The first-order chi connectivity index (χ1) is 13.4. The van der Waals surface area contributed by atoms with E-state index in [9.17, 15) is 14.4 Å². The fourth-order valence-corrected chi connectivity index (χ4v) is 4.05. The zero-order chi connectivity index (χ0) is 20.7. The van der Waals surface area contributed by atoms with Crippen molar-refractivity contribution in [3.63, 3.8) is 0 Å². The van der Waals surface area contributed by atoms with Crippen LogP contribution in [0.4, 0.5) is 5.00 Å². The number of nitrogens with one attached hydrogen (secondary N) is 1. The van der Waals surface area contributed by atoms with Gasteiger partial charge < -0.3 is 14.8 Å². The van der Waals surface area contributed by atoms with E-state index >= 15 is 0 Å². The number of carbonyl (C=O) groups excluding carboxylic acids is 3. The number of thioether (sulfide) groups is 1. The van der Waals surface area contributed by atoms with Crippen LogP contribution in [0.25, 0.3) is 0 Å². The summed E-state index contributed by atoms with van der Waals surface area (Å²) < 4.78 is 10.1. The Morgan fingerprint density at radius 2 is 1.64 bits per heavy atom. The molecule has 1 amide bonds. The maximum Gasteiger partial charge on any atom is 0.348 e. The van der Waals surface area contributed by atoms with Crippen LogP contribution in [-0.4, -0.2) is 37.3 Å². The molecule has 0 saturated heterocycles. The number of hydrogen-bond acceptors (Lipinski definition) is 7. The highest BCUT2D eigenvalue weighted by molar-refractivity contribution is 7.98. The van der Waals surface area contributed by atoms with E-state index in [4.69, 9.17) is 9.47 Å². The van der Waals surface area contributed by atoms with E-state index in [2.05, 4.69) is 5.32 Å². The Bertz CT molecular complexity index is 858. The van der Waals surface area contributed by atoms with E-state index in [0.29, 0.717) is 10.6 Å². The summed E-state index contributed by atoms with van der Waals surface area (Å²) in [6.07, 6.45) is 2.14. The summed E-state index contributed by atoms with van der Waals surface area (Å²) in [6, 6.07) is 7.68. The molecular weight excluding hydrogens is 398 g/mol. The Balaban J connectivity index is 2.26. The number of carbonyl (C=O) groups is 3. The zero-order valence-corrected chi connectivity index (χ0v) is 17.9. The molecule has 2 aromatic rings. The maximum atomic E-state index is 12.5. The minimum Gasteiger partial charge on any atom is -0.462 e. The molecule has 0 aliphatic heterocycles. The Morgan fingerprint density at radius 3 is 2.21 bits per heavy atom. The number of ether oxygens (including phenoxy) is 2. The zero-order valence-electron chi connectivity index (χ0n) is 16.3. The van der Waals surface area contributed by atoms with Crippen LogP contribution in [-0.2, 0) is 20.7 Å². The van der Waals surface area contributed by atoms with Crippen molar-refractivity contribution in [1.29, 1.82) is 0 Å². The summed E-state index contributed by atoms with van der Waals surface area (Å²) in [7, 11) is 0. The quantitative estimate of drug-likeness (QED) is 0.505. The largest absolute Gasteiger partial charge is 0.462 e. The van der Waals surface area contributed by atoms with Crippen LogP contribution >= 0.6 is 23.1 Å². The molecule has 2 rings (SSSR count). The second-order valence-corrected chi connectivity index (χ2v) is 7.67. The summed E-state index contributed by atoms with van der Waals surface area (Å²) in [4.78, 5) is 38.4. The van der Waals surface area contributed by atoms with Crippen molar-refractivity contribution in [3.05, 3.63) is 45.8 Å². The first kappa shape index (κ1) is 22.0. The van der Waals surface area contributed by atoms with Gasteiger partial charge in [-0.25, -0.2) is 9.59 Å². The third kappa shape index (κ3) is 5.36. The van der Waals surface area contributed by atoms with Crippen LogP contribution in [0.2, 0.25) is 0 Å². The van der Waals surface area contributed by atoms with Gasteiger partial charge in [-0.05, 0) is 50.3 Å². The molecule has 28 heavy (non-hydrogen) atoms. The third-order valence-corrected chi connectivity index (χ3v) is 5.79. The average molecular weight is 422 g/mol. The smallest absolute Gasteiger partial charge is 0.348 e. The second kappa shape index (κ2) is 10.3. The van der Waals surface area contributed by atoms with E-state index in [1.807, 2.05) is 30.5 Å². The molecule has 0 aliphatic rings. The van der Waals surface area contributed by atoms with Crippen LogP contribution in [0.1, 0.15) is 45.0 Å². The SMILES string of the molecule is CCOC(=O)c1sc(NC(=O)Cc2ccc(SC)cc2)c(C(=O)OCC)c1C. The van der Waals surface area contributed by atoms with Gasteiger partial charge in [0, 0.05) is 4.90 Å². The molecule has 0 fully saturated rings. The molecule has 0 unspecified atom stereocenters. The number of anilines is 1. The topological polar surface area (TPSA) is 81.7 Å². The van der Waals surface area contributed by atoms with E-state index in [-0.39, 0.29) is 36.0 Å². The van der Waals surface area contributed by atoms with Crippen molar-refractivity contribution in [3.8, 4) is 0 Å². The van der Waals surface area contributed by atoms with Crippen LogP contribution in [0, 0.1) is 6.92 Å². The van der Waals surface area contributed by atoms with Crippen LogP contribution in [0.5, 0.6) is 0 Å².